The van der Waals surface area contributed by atoms with Crippen LogP contribution < -0.4 is 4.74 Å². The van der Waals surface area contributed by atoms with Crippen molar-refractivity contribution >= 4 is 35.9 Å². The Balaban J connectivity index is 0.00000242. The molecule has 0 saturated carbocycles. The summed E-state index contributed by atoms with van der Waals surface area (Å²) < 4.78 is 5.51. The van der Waals surface area contributed by atoms with E-state index in [9.17, 15) is 9.59 Å². The number of likely N-dealkylation sites (tertiary alicyclic amines) is 1. The van der Waals surface area contributed by atoms with Gasteiger partial charge in [-0.2, -0.15) is 0 Å². The zero-order valence-electron chi connectivity index (χ0n) is 12.0. The second-order valence-corrected chi connectivity index (χ2v) is 5.45. The van der Waals surface area contributed by atoms with Gasteiger partial charge in [-0.05, 0) is 25.0 Å². The van der Waals surface area contributed by atoms with Gasteiger partial charge >= 0.3 is 5.97 Å². The second kappa shape index (κ2) is 8.86. The number of para-hydroxylation sites is 1. The van der Waals surface area contributed by atoms with E-state index < -0.39 is 11.9 Å². The normalized spacial score (nSPS) is 17.0. The summed E-state index contributed by atoms with van der Waals surface area (Å²) in [6, 6.07) is 7.19. The fourth-order valence-corrected chi connectivity index (χ4v) is 2.50. The molecule has 1 aliphatic heterocycles. The molecule has 0 bridgehead atoms. The molecule has 1 fully saturated rings. The van der Waals surface area contributed by atoms with Gasteiger partial charge in [0.25, 0.3) is 0 Å². The van der Waals surface area contributed by atoms with Crippen molar-refractivity contribution in [2.45, 2.75) is 19.3 Å². The van der Waals surface area contributed by atoms with E-state index in [-0.39, 0.29) is 18.3 Å². The Labute approximate surface area is 140 Å². The number of carboxylic acids is 1. The summed E-state index contributed by atoms with van der Waals surface area (Å²) in [6.07, 6.45) is 1.48. The first-order chi connectivity index (χ1) is 10.1. The zero-order chi connectivity index (χ0) is 15.2. The number of halogens is 2. The average Bonchev–Trinajstić information content (AvgIpc) is 2.95. The van der Waals surface area contributed by atoms with Crippen LogP contribution in [0.15, 0.2) is 24.3 Å². The molecule has 1 N–H and O–H groups in total. The molecule has 122 valence electrons. The van der Waals surface area contributed by atoms with Crippen LogP contribution in [0, 0.1) is 5.92 Å². The standard InChI is InChI=1S/C15H18ClNO4.ClH/c16-12-4-1-2-5-13(12)21-9-3-6-14(18)17-8-7-11(10-17)15(19)20;/h1-2,4-5,11H,3,6-10H2,(H,19,20);1H. The minimum Gasteiger partial charge on any atom is -0.492 e. The number of amides is 1. The van der Waals surface area contributed by atoms with Crippen LogP contribution in [0.4, 0.5) is 0 Å². The van der Waals surface area contributed by atoms with Gasteiger partial charge in [-0.15, -0.1) is 12.4 Å². The van der Waals surface area contributed by atoms with Crippen molar-refractivity contribution in [1.82, 2.24) is 4.90 Å². The van der Waals surface area contributed by atoms with Crippen LogP contribution in [0.25, 0.3) is 0 Å². The lowest BCUT2D eigenvalue weighted by molar-refractivity contribution is -0.141. The predicted molar refractivity (Wildman–Crippen MR) is 85.8 cm³/mol. The van der Waals surface area contributed by atoms with Gasteiger partial charge in [0.2, 0.25) is 5.91 Å². The van der Waals surface area contributed by atoms with E-state index in [1.807, 2.05) is 12.1 Å². The van der Waals surface area contributed by atoms with Crippen LogP contribution in [0.1, 0.15) is 19.3 Å². The van der Waals surface area contributed by atoms with Gasteiger partial charge in [0.15, 0.2) is 0 Å². The van der Waals surface area contributed by atoms with E-state index in [0.717, 1.165) is 0 Å². The number of nitrogens with zero attached hydrogens (tertiary/aromatic N) is 1. The molecule has 1 aromatic rings. The summed E-state index contributed by atoms with van der Waals surface area (Å²) in [5.74, 6) is -0.652. The number of aliphatic carboxylic acids is 1. The number of hydrogen-bond acceptors (Lipinski definition) is 3. The Morgan fingerprint density at radius 1 is 1.36 bits per heavy atom. The highest BCUT2D eigenvalue weighted by atomic mass is 35.5. The van der Waals surface area contributed by atoms with E-state index in [2.05, 4.69) is 0 Å². The van der Waals surface area contributed by atoms with Crippen LogP contribution >= 0.6 is 24.0 Å². The Morgan fingerprint density at radius 2 is 2.09 bits per heavy atom. The number of ether oxygens (including phenoxy) is 1. The Morgan fingerprint density at radius 3 is 2.73 bits per heavy atom. The predicted octanol–water partition coefficient (Wildman–Crippen LogP) is 2.85. The summed E-state index contributed by atoms with van der Waals surface area (Å²) in [4.78, 5) is 24.4. The third-order valence-electron chi connectivity index (χ3n) is 3.52. The topological polar surface area (TPSA) is 66.8 Å². The molecule has 1 saturated heterocycles. The van der Waals surface area contributed by atoms with E-state index in [4.69, 9.17) is 21.4 Å². The fourth-order valence-electron chi connectivity index (χ4n) is 2.31. The number of rotatable bonds is 6. The van der Waals surface area contributed by atoms with Crippen LogP contribution in [0.3, 0.4) is 0 Å². The molecule has 1 aromatic carbocycles. The van der Waals surface area contributed by atoms with Gasteiger partial charge in [0.05, 0.1) is 17.5 Å². The maximum absolute atomic E-state index is 11.9. The van der Waals surface area contributed by atoms with E-state index in [0.29, 0.717) is 49.7 Å². The summed E-state index contributed by atoms with van der Waals surface area (Å²) in [7, 11) is 0. The maximum Gasteiger partial charge on any atom is 0.308 e. The second-order valence-electron chi connectivity index (χ2n) is 5.05. The van der Waals surface area contributed by atoms with E-state index in [1.165, 1.54) is 0 Å². The summed E-state index contributed by atoms with van der Waals surface area (Å²) in [5.41, 5.74) is 0. The van der Waals surface area contributed by atoms with Gasteiger partial charge in [0.1, 0.15) is 5.75 Å². The molecule has 2 rings (SSSR count). The molecule has 0 aromatic heterocycles. The highest BCUT2D eigenvalue weighted by Crippen LogP contribution is 2.23. The first kappa shape index (κ1) is 18.6. The Kier molecular flexibility index (Phi) is 7.48. The quantitative estimate of drug-likeness (QED) is 0.803. The number of carbonyl (C=O) groups excluding carboxylic acids is 1. The molecular formula is C15H19Cl2NO4. The average molecular weight is 348 g/mol. The van der Waals surface area contributed by atoms with Crippen LogP contribution in [-0.2, 0) is 9.59 Å². The van der Waals surface area contributed by atoms with Gasteiger partial charge < -0.3 is 14.7 Å². The van der Waals surface area contributed by atoms with Crippen LogP contribution in [-0.4, -0.2) is 41.6 Å². The molecule has 22 heavy (non-hydrogen) atoms. The summed E-state index contributed by atoms with van der Waals surface area (Å²) >= 11 is 5.96. The van der Waals surface area contributed by atoms with Crippen LogP contribution in [0.5, 0.6) is 5.75 Å². The van der Waals surface area contributed by atoms with Crippen molar-refractivity contribution in [1.29, 1.82) is 0 Å². The molecule has 0 spiro atoms. The summed E-state index contributed by atoms with van der Waals surface area (Å²) in [6.45, 7) is 1.26. The molecule has 1 aliphatic rings. The van der Waals surface area contributed by atoms with E-state index >= 15 is 0 Å². The zero-order valence-corrected chi connectivity index (χ0v) is 13.6. The lowest BCUT2D eigenvalue weighted by atomic mass is 10.1. The van der Waals surface area contributed by atoms with Crippen molar-refractivity contribution in [3.05, 3.63) is 29.3 Å². The molecule has 0 aliphatic carbocycles. The van der Waals surface area contributed by atoms with Crippen LogP contribution in [0.2, 0.25) is 5.02 Å². The summed E-state index contributed by atoms with van der Waals surface area (Å²) in [5, 5.41) is 9.46. The smallest absolute Gasteiger partial charge is 0.308 e. The highest BCUT2D eigenvalue weighted by Gasteiger charge is 2.30. The number of carboxylic acid groups (broad SMARTS) is 1. The molecule has 1 heterocycles. The maximum atomic E-state index is 11.9. The van der Waals surface area contributed by atoms with Gasteiger partial charge in [0, 0.05) is 19.5 Å². The van der Waals surface area contributed by atoms with Crippen molar-refractivity contribution in [3.8, 4) is 5.75 Å². The highest BCUT2D eigenvalue weighted by molar-refractivity contribution is 6.32. The molecule has 5 nitrogen and oxygen atoms in total. The number of hydrogen-bond donors (Lipinski definition) is 1. The number of carbonyl (C=O) groups is 2. The van der Waals surface area contributed by atoms with Gasteiger partial charge in [-0.1, -0.05) is 23.7 Å². The van der Waals surface area contributed by atoms with Crippen molar-refractivity contribution in [2.24, 2.45) is 5.92 Å². The first-order valence-corrected chi connectivity index (χ1v) is 7.33. The number of benzene rings is 1. The lowest BCUT2D eigenvalue weighted by Crippen LogP contribution is -2.30. The lowest BCUT2D eigenvalue weighted by Gasteiger charge is -2.15. The molecule has 1 unspecified atom stereocenters. The first-order valence-electron chi connectivity index (χ1n) is 6.96. The Bertz CT molecular complexity index is 524. The molecule has 1 atom stereocenters. The van der Waals surface area contributed by atoms with Crippen molar-refractivity contribution in [2.75, 3.05) is 19.7 Å². The Hall–Kier alpha value is -1.46. The minimum absolute atomic E-state index is 0. The molecule has 0 radical (unpaired) electrons. The van der Waals surface area contributed by atoms with Crippen molar-refractivity contribution < 1.29 is 19.4 Å². The van der Waals surface area contributed by atoms with E-state index in [1.54, 1.807) is 17.0 Å². The molecule has 7 heteroatoms. The molecular weight excluding hydrogens is 329 g/mol. The van der Waals surface area contributed by atoms with Gasteiger partial charge in [-0.25, -0.2) is 0 Å². The minimum atomic E-state index is -0.827. The SMILES string of the molecule is Cl.O=C(O)C1CCN(C(=O)CCCOc2ccccc2Cl)C1. The van der Waals surface area contributed by atoms with Crippen molar-refractivity contribution in [3.63, 3.8) is 0 Å². The third-order valence-corrected chi connectivity index (χ3v) is 3.83. The fraction of sp³-hybridized carbons (Fsp3) is 0.467. The monoisotopic (exact) mass is 347 g/mol. The third kappa shape index (κ3) is 5.07. The molecule has 1 amide bonds. The van der Waals surface area contributed by atoms with Gasteiger partial charge in [-0.3, -0.25) is 9.59 Å². The largest absolute Gasteiger partial charge is 0.492 e.